The molecule has 1 fully saturated rings. The first-order valence-corrected chi connectivity index (χ1v) is 6.10. The van der Waals surface area contributed by atoms with E-state index in [9.17, 15) is 9.59 Å². The third-order valence-corrected chi connectivity index (χ3v) is 3.65. The summed E-state index contributed by atoms with van der Waals surface area (Å²) in [7, 11) is 1.34. The normalized spacial score (nSPS) is 19.4. The number of aromatic nitrogens is 2. The second-order valence-electron chi connectivity index (χ2n) is 3.87. The molecule has 1 atom stereocenters. The van der Waals surface area contributed by atoms with Gasteiger partial charge < -0.3 is 9.64 Å². The Bertz CT molecular complexity index is 446. The van der Waals surface area contributed by atoms with Crippen LogP contribution in [0.2, 0.25) is 0 Å². The van der Waals surface area contributed by atoms with Gasteiger partial charge in [-0.3, -0.25) is 4.79 Å². The molecule has 1 saturated heterocycles. The molecular formula is C10H13N3O3S. The van der Waals surface area contributed by atoms with Crippen LogP contribution in [0, 0.1) is 6.92 Å². The van der Waals surface area contributed by atoms with Crippen molar-refractivity contribution in [2.24, 2.45) is 0 Å². The van der Waals surface area contributed by atoms with Crippen LogP contribution in [-0.4, -0.2) is 46.1 Å². The fourth-order valence-electron chi connectivity index (χ4n) is 1.95. The fraction of sp³-hybridized carbons (Fsp3) is 0.600. The van der Waals surface area contributed by atoms with Crippen molar-refractivity contribution >= 4 is 23.4 Å². The second kappa shape index (κ2) is 4.79. The lowest BCUT2D eigenvalue weighted by Gasteiger charge is -2.21. The number of hydrogen-bond donors (Lipinski definition) is 0. The molecule has 1 aliphatic rings. The van der Waals surface area contributed by atoms with Gasteiger partial charge in [-0.05, 0) is 31.3 Å². The predicted molar refractivity (Wildman–Crippen MR) is 60.7 cm³/mol. The van der Waals surface area contributed by atoms with Gasteiger partial charge in [0.15, 0.2) is 0 Å². The first-order valence-electron chi connectivity index (χ1n) is 5.33. The Kier molecular flexibility index (Phi) is 3.37. The van der Waals surface area contributed by atoms with E-state index in [1.807, 2.05) is 0 Å². The summed E-state index contributed by atoms with van der Waals surface area (Å²) in [6.07, 6.45) is 1.47. The van der Waals surface area contributed by atoms with E-state index in [-0.39, 0.29) is 11.9 Å². The van der Waals surface area contributed by atoms with Crippen LogP contribution in [0.25, 0.3) is 0 Å². The van der Waals surface area contributed by atoms with Gasteiger partial charge >= 0.3 is 5.97 Å². The van der Waals surface area contributed by atoms with Crippen molar-refractivity contribution in [3.05, 3.63) is 10.6 Å². The topological polar surface area (TPSA) is 72.4 Å². The summed E-state index contributed by atoms with van der Waals surface area (Å²) in [5.74, 6) is -0.531. The van der Waals surface area contributed by atoms with Crippen molar-refractivity contribution in [1.29, 1.82) is 0 Å². The molecule has 6 nitrogen and oxygen atoms in total. The Morgan fingerprint density at radius 3 is 2.88 bits per heavy atom. The minimum absolute atomic E-state index is 0.176. The Morgan fingerprint density at radius 1 is 1.53 bits per heavy atom. The molecule has 0 aromatic carbocycles. The lowest BCUT2D eigenvalue weighted by Crippen LogP contribution is -2.41. The van der Waals surface area contributed by atoms with Gasteiger partial charge in [0.25, 0.3) is 5.91 Å². The first-order chi connectivity index (χ1) is 8.15. The van der Waals surface area contributed by atoms with Gasteiger partial charge in [0, 0.05) is 6.54 Å². The number of rotatable bonds is 2. The smallest absolute Gasteiger partial charge is 0.328 e. The van der Waals surface area contributed by atoms with Crippen molar-refractivity contribution < 1.29 is 14.3 Å². The number of methoxy groups -OCH3 is 1. The third-order valence-electron chi connectivity index (χ3n) is 2.83. The average Bonchev–Trinajstić information content (AvgIpc) is 2.95. The summed E-state index contributed by atoms with van der Waals surface area (Å²) in [4.78, 5) is 25.8. The Morgan fingerprint density at radius 2 is 2.29 bits per heavy atom. The van der Waals surface area contributed by atoms with Crippen molar-refractivity contribution in [2.75, 3.05) is 13.7 Å². The Balaban J connectivity index is 2.19. The quantitative estimate of drug-likeness (QED) is 0.724. The fourth-order valence-corrected chi connectivity index (χ4v) is 2.56. The summed E-state index contributed by atoms with van der Waals surface area (Å²) in [5, 5.41) is 3.80. The van der Waals surface area contributed by atoms with Crippen molar-refractivity contribution in [3.8, 4) is 0 Å². The highest BCUT2D eigenvalue weighted by Gasteiger charge is 2.36. The summed E-state index contributed by atoms with van der Waals surface area (Å²) in [6.45, 7) is 2.32. The number of ether oxygens (including phenoxy) is 1. The van der Waals surface area contributed by atoms with Gasteiger partial charge in [-0.25, -0.2) is 4.79 Å². The van der Waals surface area contributed by atoms with Crippen molar-refractivity contribution in [2.45, 2.75) is 25.8 Å². The van der Waals surface area contributed by atoms with Gasteiger partial charge in [0.1, 0.15) is 10.9 Å². The molecule has 92 valence electrons. The average molecular weight is 255 g/mol. The molecule has 17 heavy (non-hydrogen) atoms. The zero-order valence-corrected chi connectivity index (χ0v) is 10.5. The standard InChI is InChI=1S/C10H13N3O3S/c1-6-8(17-12-11-6)9(14)13-5-3-4-7(13)10(15)16-2/h7H,3-5H2,1-2H3. The van der Waals surface area contributed by atoms with Crippen LogP contribution in [0.3, 0.4) is 0 Å². The lowest BCUT2D eigenvalue weighted by atomic mass is 10.2. The zero-order chi connectivity index (χ0) is 12.4. The van der Waals surface area contributed by atoms with E-state index in [0.29, 0.717) is 23.5 Å². The first kappa shape index (κ1) is 12.0. The molecule has 0 saturated carbocycles. The molecule has 0 radical (unpaired) electrons. The van der Waals surface area contributed by atoms with E-state index < -0.39 is 6.04 Å². The maximum absolute atomic E-state index is 12.2. The maximum Gasteiger partial charge on any atom is 0.328 e. The number of esters is 1. The molecule has 7 heteroatoms. The Labute approximate surface area is 103 Å². The van der Waals surface area contributed by atoms with E-state index in [1.54, 1.807) is 11.8 Å². The van der Waals surface area contributed by atoms with E-state index in [0.717, 1.165) is 18.0 Å². The van der Waals surface area contributed by atoms with Gasteiger partial charge in [0.05, 0.1) is 12.8 Å². The molecular weight excluding hydrogens is 242 g/mol. The summed E-state index contributed by atoms with van der Waals surface area (Å²) in [5.41, 5.74) is 0.607. The van der Waals surface area contributed by atoms with E-state index in [1.165, 1.54) is 7.11 Å². The van der Waals surface area contributed by atoms with Crippen LogP contribution < -0.4 is 0 Å². The lowest BCUT2D eigenvalue weighted by molar-refractivity contribution is -0.145. The van der Waals surface area contributed by atoms with Gasteiger partial charge in [-0.2, -0.15) is 0 Å². The molecule has 0 N–H and O–H groups in total. The molecule has 1 amide bonds. The number of carbonyl (C=O) groups excluding carboxylic acids is 2. The number of carbonyl (C=O) groups is 2. The third kappa shape index (κ3) is 2.14. The highest BCUT2D eigenvalue weighted by molar-refractivity contribution is 7.07. The van der Waals surface area contributed by atoms with E-state index >= 15 is 0 Å². The molecule has 1 unspecified atom stereocenters. The number of hydrogen-bond acceptors (Lipinski definition) is 6. The molecule has 1 aromatic heterocycles. The van der Waals surface area contributed by atoms with E-state index in [2.05, 4.69) is 9.59 Å². The number of amides is 1. The van der Waals surface area contributed by atoms with Crippen LogP contribution >= 0.6 is 11.5 Å². The van der Waals surface area contributed by atoms with Crippen LogP contribution in [0.4, 0.5) is 0 Å². The highest BCUT2D eigenvalue weighted by atomic mass is 32.1. The molecule has 2 rings (SSSR count). The van der Waals surface area contributed by atoms with Crippen LogP contribution in [0.1, 0.15) is 28.2 Å². The SMILES string of the molecule is COC(=O)C1CCCN1C(=O)c1snnc1C. The molecule has 0 bridgehead atoms. The van der Waals surface area contributed by atoms with E-state index in [4.69, 9.17) is 4.74 Å². The summed E-state index contributed by atoms with van der Waals surface area (Å²) < 4.78 is 8.43. The zero-order valence-electron chi connectivity index (χ0n) is 9.67. The maximum atomic E-state index is 12.2. The van der Waals surface area contributed by atoms with Gasteiger partial charge in [-0.1, -0.05) is 4.49 Å². The van der Waals surface area contributed by atoms with Crippen LogP contribution in [0.5, 0.6) is 0 Å². The van der Waals surface area contributed by atoms with Gasteiger partial charge in [-0.15, -0.1) is 5.10 Å². The Hall–Kier alpha value is -1.50. The highest BCUT2D eigenvalue weighted by Crippen LogP contribution is 2.23. The molecule has 0 spiro atoms. The summed E-state index contributed by atoms with van der Waals surface area (Å²) in [6, 6.07) is -0.464. The number of likely N-dealkylation sites (tertiary alicyclic amines) is 1. The monoisotopic (exact) mass is 255 g/mol. The molecule has 1 aliphatic heterocycles. The molecule has 0 aliphatic carbocycles. The largest absolute Gasteiger partial charge is 0.467 e. The molecule has 1 aromatic rings. The minimum atomic E-state index is -0.464. The van der Waals surface area contributed by atoms with Crippen molar-refractivity contribution in [1.82, 2.24) is 14.5 Å². The van der Waals surface area contributed by atoms with Gasteiger partial charge in [0.2, 0.25) is 0 Å². The number of nitrogens with zero attached hydrogens (tertiary/aromatic N) is 3. The van der Waals surface area contributed by atoms with Crippen molar-refractivity contribution in [3.63, 3.8) is 0 Å². The minimum Gasteiger partial charge on any atom is -0.467 e. The molecule has 2 heterocycles. The van der Waals surface area contributed by atoms with Crippen LogP contribution in [-0.2, 0) is 9.53 Å². The second-order valence-corrected chi connectivity index (χ2v) is 4.62. The number of aryl methyl sites for hydroxylation is 1. The van der Waals surface area contributed by atoms with Crippen LogP contribution in [0.15, 0.2) is 0 Å². The summed E-state index contributed by atoms with van der Waals surface area (Å²) >= 11 is 1.06. The predicted octanol–water partition coefficient (Wildman–Crippen LogP) is 0.624.